The lowest BCUT2D eigenvalue weighted by molar-refractivity contribution is 0.0698. The first kappa shape index (κ1) is 13.9. The normalized spacial score (nSPS) is 10.3. The predicted octanol–water partition coefficient (Wildman–Crippen LogP) is 3.30. The quantitative estimate of drug-likeness (QED) is 0.836. The molecule has 4 heteroatoms. The van der Waals surface area contributed by atoms with Crippen LogP contribution in [0.1, 0.15) is 22.8 Å². The standard InChI is InChI=1S/C16H18N2O2/c1-3-11-7-9-12(10-8-11)18(2)14-6-4-5-13(15(14)17)16(19)20/h4-10H,3,17H2,1-2H3,(H,19,20). The highest BCUT2D eigenvalue weighted by molar-refractivity contribution is 5.97. The third-order valence-electron chi connectivity index (χ3n) is 3.41. The summed E-state index contributed by atoms with van der Waals surface area (Å²) >= 11 is 0. The Balaban J connectivity index is 2.39. The predicted molar refractivity (Wildman–Crippen MR) is 81.7 cm³/mol. The van der Waals surface area contributed by atoms with Crippen molar-refractivity contribution >= 4 is 23.0 Å². The molecule has 2 aromatic rings. The molecule has 0 fully saturated rings. The van der Waals surface area contributed by atoms with Gasteiger partial charge < -0.3 is 15.7 Å². The van der Waals surface area contributed by atoms with Crippen LogP contribution < -0.4 is 10.6 Å². The first-order valence-electron chi connectivity index (χ1n) is 6.49. The number of anilines is 3. The largest absolute Gasteiger partial charge is 0.478 e. The highest BCUT2D eigenvalue weighted by Crippen LogP contribution is 2.31. The van der Waals surface area contributed by atoms with Gasteiger partial charge in [-0.15, -0.1) is 0 Å². The van der Waals surface area contributed by atoms with Crippen LogP contribution in [0.5, 0.6) is 0 Å². The van der Waals surface area contributed by atoms with E-state index < -0.39 is 5.97 Å². The Hall–Kier alpha value is -2.49. The van der Waals surface area contributed by atoms with Gasteiger partial charge >= 0.3 is 5.97 Å². The van der Waals surface area contributed by atoms with Crippen LogP contribution in [0.4, 0.5) is 17.1 Å². The van der Waals surface area contributed by atoms with Crippen molar-refractivity contribution < 1.29 is 9.90 Å². The molecule has 4 nitrogen and oxygen atoms in total. The molecule has 0 saturated heterocycles. The number of hydrogen-bond donors (Lipinski definition) is 2. The second-order valence-corrected chi connectivity index (χ2v) is 4.62. The van der Waals surface area contributed by atoms with E-state index in [0.717, 1.165) is 12.1 Å². The number of para-hydroxylation sites is 1. The van der Waals surface area contributed by atoms with Crippen molar-refractivity contribution in [3.05, 3.63) is 53.6 Å². The minimum atomic E-state index is -1.01. The smallest absolute Gasteiger partial charge is 0.337 e. The zero-order chi connectivity index (χ0) is 14.7. The summed E-state index contributed by atoms with van der Waals surface area (Å²) in [4.78, 5) is 13.0. The minimum Gasteiger partial charge on any atom is -0.478 e. The summed E-state index contributed by atoms with van der Waals surface area (Å²) in [6.45, 7) is 2.10. The fourth-order valence-electron chi connectivity index (χ4n) is 2.13. The van der Waals surface area contributed by atoms with Gasteiger partial charge in [0, 0.05) is 12.7 Å². The highest BCUT2D eigenvalue weighted by Gasteiger charge is 2.14. The van der Waals surface area contributed by atoms with E-state index in [1.54, 1.807) is 6.07 Å². The van der Waals surface area contributed by atoms with Gasteiger partial charge in [-0.2, -0.15) is 0 Å². The summed E-state index contributed by atoms with van der Waals surface area (Å²) < 4.78 is 0. The number of nitrogens with zero attached hydrogens (tertiary/aromatic N) is 1. The van der Waals surface area contributed by atoms with Crippen LogP contribution in [0.3, 0.4) is 0 Å². The molecule has 104 valence electrons. The molecule has 3 N–H and O–H groups in total. The van der Waals surface area contributed by atoms with E-state index in [1.165, 1.54) is 11.6 Å². The number of carboxylic acid groups (broad SMARTS) is 1. The number of benzene rings is 2. The Morgan fingerprint density at radius 2 is 1.85 bits per heavy atom. The number of rotatable bonds is 4. The van der Waals surface area contributed by atoms with Gasteiger partial charge in [0.15, 0.2) is 0 Å². The van der Waals surface area contributed by atoms with Crippen molar-refractivity contribution in [1.29, 1.82) is 0 Å². The molecule has 0 bridgehead atoms. The SMILES string of the molecule is CCc1ccc(N(C)c2cccc(C(=O)O)c2N)cc1. The molecular weight excluding hydrogens is 252 g/mol. The van der Waals surface area contributed by atoms with Gasteiger partial charge in [-0.1, -0.05) is 25.1 Å². The zero-order valence-electron chi connectivity index (χ0n) is 11.6. The lowest BCUT2D eigenvalue weighted by Gasteiger charge is -2.22. The van der Waals surface area contributed by atoms with E-state index >= 15 is 0 Å². The van der Waals surface area contributed by atoms with Gasteiger partial charge in [-0.05, 0) is 36.2 Å². The van der Waals surface area contributed by atoms with Crippen LogP contribution >= 0.6 is 0 Å². The van der Waals surface area contributed by atoms with Gasteiger partial charge in [-0.25, -0.2) is 4.79 Å². The maximum Gasteiger partial charge on any atom is 0.337 e. The third kappa shape index (κ3) is 2.59. The molecule has 2 rings (SSSR count). The third-order valence-corrected chi connectivity index (χ3v) is 3.41. The van der Waals surface area contributed by atoms with Crippen LogP contribution in [-0.4, -0.2) is 18.1 Å². The number of nitrogens with two attached hydrogens (primary N) is 1. The lowest BCUT2D eigenvalue weighted by Crippen LogP contribution is -2.14. The van der Waals surface area contributed by atoms with Gasteiger partial charge in [0.1, 0.15) is 0 Å². The molecule has 0 atom stereocenters. The van der Waals surface area contributed by atoms with E-state index in [-0.39, 0.29) is 11.3 Å². The van der Waals surface area contributed by atoms with Crippen molar-refractivity contribution in [2.75, 3.05) is 17.7 Å². The van der Waals surface area contributed by atoms with Crippen molar-refractivity contribution in [3.8, 4) is 0 Å². The molecule has 0 aliphatic carbocycles. The number of aryl methyl sites for hydroxylation is 1. The molecule has 0 saturated carbocycles. The monoisotopic (exact) mass is 270 g/mol. The van der Waals surface area contributed by atoms with Crippen LogP contribution in [0, 0.1) is 0 Å². The molecule has 0 aromatic heterocycles. The molecule has 0 unspecified atom stereocenters. The van der Waals surface area contributed by atoms with E-state index in [0.29, 0.717) is 5.69 Å². The van der Waals surface area contributed by atoms with Crippen molar-refractivity contribution in [1.82, 2.24) is 0 Å². The first-order chi connectivity index (χ1) is 9.54. The summed E-state index contributed by atoms with van der Waals surface area (Å²) in [6.07, 6.45) is 0.987. The molecule has 0 amide bonds. The molecule has 0 heterocycles. The number of nitrogen functional groups attached to an aromatic ring is 1. The minimum absolute atomic E-state index is 0.125. The molecule has 0 radical (unpaired) electrons. The molecule has 20 heavy (non-hydrogen) atoms. The van der Waals surface area contributed by atoms with Crippen LogP contribution in [0.25, 0.3) is 0 Å². The van der Waals surface area contributed by atoms with Crippen molar-refractivity contribution in [3.63, 3.8) is 0 Å². The van der Waals surface area contributed by atoms with Gasteiger partial charge in [0.25, 0.3) is 0 Å². The molecule has 0 spiro atoms. The molecule has 0 aliphatic rings. The Bertz CT molecular complexity index is 621. The second-order valence-electron chi connectivity index (χ2n) is 4.62. The zero-order valence-corrected chi connectivity index (χ0v) is 11.6. The number of carbonyl (C=O) groups is 1. The summed E-state index contributed by atoms with van der Waals surface area (Å²) in [5.74, 6) is -1.01. The Morgan fingerprint density at radius 1 is 1.20 bits per heavy atom. The van der Waals surface area contributed by atoms with Crippen molar-refractivity contribution in [2.45, 2.75) is 13.3 Å². The van der Waals surface area contributed by atoms with Crippen LogP contribution in [0.15, 0.2) is 42.5 Å². The molecular formula is C16H18N2O2. The number of hydrogen-bond acceptors (Lipinski definition) is 3. The maximum absolute atomic E-state index is 11.1. The Kier molecular flexibility index (Phi) is 3.94. The van der Waals surface area contributed by atoms with Gasteiger partial charge in [-0.3, -0.25) is 0 Å². The van der Waals surface area contributed by atoms with Crippen LogP contribution in [-0.2, 0) is 6.42 Å². The highest BCUT2D eigenvalue weighted by atomic mass is 16.4. The molecule has 0 aliphatic heterocycles. The average molecular weight is 270 g/mol. The topological polar surface area (TPSA) is 66.6 Å². The second kappa shape index (κ2) is 5.65. The summed E-state index contributed by atoms with van der Waals surface area (Å²) in [5, 5.41) is 9.11. The van der Waals surface area contributed by atoms with E-state index in [9.17, 15) is 4.79 Å². The first-order valence-corrected chi connectivity index (χ1v) is 6.49. The average Bonchev–Trinajstić information content (AvgIpc) is 2.46. The van der Waals surface area contributed by atoms with E-state index in [2.05, 4.69) is 19.1 Å². The van der Waals surface area contributed by atoms with Crippen molar-refractivity contribution in [2.24, 2.45) is 0 Å². The Morgan fingerprint density at radius 3 is 2.40 bits per heavy atom. The summed E-state index contributed by atoms with van der Waals surface area (Å²) in [6, 6.07) is 13.2. The molecule has 2 aromatic carbocycles. The summed E-state index contributed by atoms with van der Waals surface area (Å²) in [5.41, 5.74) is 9.28. The van der Waals surface area contributed by atoms with Crippen LogP contribution in [0.2, 0.25) is 0 Å². The maximum atomic E-state index is 11.1. The van der Waals surface area contributed by atoms with E-state index in [4.69, 9.17) is 10.8 Å². The number of aromatic carboxylic acids is 1. The van der Waals surface area contributed by atoms with Gasteiger partial charge in [0.2, 0.25) is 0 Å². The lowest BCUT2D eigenvalue weighted by atomic mass is 10.1. The summed E-state index contributed by atoms with van der Waals surface area (Å²) in [7, 11) is 1.87. The fourth-order valence-corrected chi connectivity index (χ4v) is 2.13. The van der Waals surface area contributed by atoms with E-state index in [1.807, 2.05) is 30.1 Å². The Labute approximate surface area is 118 Å². The fraction of sp³-hybridized carbons (Fsp3) is 0.188. The van der Waals surface area contributed by atoms with Gasteiger partial charge in [0.05, 0.1) is 16.9 Å². The number of carboxylic acids is 1.